The van der Waals surface area contributed by atoms with Crippen LogP contribution in [0, 0.1) is 13.8 Å². The van der Waals surface area contributed by atoms with Crippen molar-refractivity contribution >= 4 is 11.0 Å². The number of rotatable bonds is 6. The highest BCUT2D eigenvalue weighted by atomic mass is 16.5. The van der Waals surface area contributed by atoms with Gasteiger partial charge in [-0.25, -0.2) is 4.98 Å². The summed E-state index contributed by atoms with van der Waals surface area (Å²) >= 11 is 0. The van der Waals surface area contributed by atoms with Crippen LogP contribution in [-0.4, -0.2) is 26.2 Å². The van der Waals surface area contributed by atoms with Gasteiger partial charge in [0.2, 0.25) is 0 Å². The topological polar surface area (TPSA) is 76.8 Å². The van der Waals surface area contributed by atoms with E-state index in [-0.39, 0.29) is 12.2 Å². The van der Waals surface area contributed by atoms with Crippen LogP contribution in [0.3, 0.4) is 0 Å². The first kappa shape index (κ1) is 17.8. The van der Waals surface area contributed by atoms with Crippen LogP contribution in [0.5, 0.6) is 0 Å². The Hall–Kier alpha value is -2.99. The number of ether oxygens (including phenoxy) is 1. The molecule has 6 heteroatoms. The van der Waals surface area contributed by atoms with Crippen molar-refractivity contribution in [3.05, 3.63) is 65.1 Å². The molecule has 1 aromatic carbocycles. The van der Waals surface area contributed by atoms with Crippen molar-refractivity contribution in [1.82, 2.24) is 20.1 Å². The molecule has 2 saturated carbocycles. The highest BCUT2D eigenvalue weighted by Gasteiger charge is 2.32. The smallest absolute Gasteiger partial charge is 0.141 e. The maximum atomic E-state index is 6.50. The lowest BCUT2D eigenvalue weighted by Crippen LogP contribution is -2.10. The van der Waals surface area contributed by atoms with Gasteiger partial charge < -0.3 is 14.2 Å². The van der Waals surface area contributed by atoms with Gasteiger partial charge in [0, 0.05) is 23.2 Å². The first-order valence-electron chi connectivity index (χ1n) is 10.7. The van der Waals surface area contributed by atoms with E-state index in [1.807, 2.05) is 38.2 Å². The molecule has 1 N–H and O–H groups in total. The molecule has 6 nitrogen and oxygen atoms in total. The van der Waals surface area contributed by atoms with Crippen molar-refractivity contribution in [2.75, 3.05) is 0 Å². The van der Waals surface area contributed by atoms with Crippen LogP contribution in [0.4, 0.5) is 0 Å². The van der Waals surface area contributed by atoms with E-state index in [4.69, 9.17) is 14.2 Å². The summed E-state index contributed by atoms with van der Waals surface area (Å²) in [5, 5.41) is 4.16. The van der Waals surface area contributed by atoms with Crippen LogP contribution >= 0.6 is 0 Å². The van der Waals surface area contributed by atoms with Crippen molar-refractivity contribution in [2.24, 2.45) is 0 Å². The van der Waals surface area contributed by atoms with E-state index in [9.17, 15) is 0 Å². The van der Waals surface area contributed by atoms with Crippen LogP contribution in [0.15, 0.2) is 41.1 Å². The molecule has 2 aliphatic rings. The second-order valence-electron chi connectivity index (χ2n) is 8.53. The standard InChI is InChI=1S/C24H24N4O2/c1-13-21(14(2)30-28-13)16-11-18(22-20(12-16)26-24(27-22)15-6-7-15)23(29-17-8-9-17)19-5-3-4-10-25-19/h3-5,10-12,15,17,23H,6-9H2,1-2H3,(H,26,27). The number of aryl methyl sites for hydroxylation is 2. The van der Waals surface area contributed by atoms with Gasteiger partial charge >= 0.3 is 0 Å². The molecule has 1 atom stereocenters. The molecule has 2 fully saturated rings. The zero-order chi connectivity index (χ0) is 20.2. The minimum Gasteiger partial charge on any atom is -0.364 e. The zero-order valence-electron chi connectivity index (χ0n) is 17.2. The van der Waals surface area contributed by atoms with Crippen molar-refractivity contribution < 1.29 is 9.26 Å². The molecule has 3 aromatic heterocycles. The molecule has 1 unspecified atom stereocenters. The predicted molar refractivity (Wildman–Crippen MR) is 113 cm³/mol. The van der Waals surface area contributed by atoms with Crippen LogP contribution < -0.4 is 0 Å². The molecule has 2 aliphatic carbocycles. The summed E-state index contributed by atoms with van der Waals surface area (Å²) in [5.41, 5.74) is 6.96. The third-order valence-electron chi connectivity index (χ3n) is 6.01. The van der Waals surface area contributed by atoms with Crippen molar-refractivity contribution in [3.8, 4) is 11.1 Å². The average molecular weight is 400 g/mol. The highest BCUT2D eigenvalue weighted by molar-refractivity contribution is 5.87. The van der Waals surface area contributed by atoms with Gasteiger partial charge in [0.05, 0.1) is 28.5 Å². The number of pyridine rings is 1. The molecular weight excluding hydrogens is 376 g/mol. The van der Waals surface area contributed by atoms with Gasteiger partial charge in [-0.15, -0.1) is 0 Å². The summed E-state index contributed by atoms with van der Waals surface area (Å²) in [5.74, 6) is 2.44. The number of aromatic nitrogens is 4. The first-order chi connectivity index (χ1) is 14.7. The number of nitrogens with one attached hydrogen (secondary N) is 1. The van der Waals surface area contributed by atoms with Crippen molar-refractivity contribution in [3.63, 3.8) is 0 Å². The zero-order valence-corrected chi connectivity index (χ0v) is 17.2. The van der Waals surface area contributed by atoms with E-state index >= 15 is 0 Å². The van der Waals surface area contributed by atoms with E-state index in [1.165, 1.54) is 12.8 Å². The maximum Gasteiger partial charge on any atom is 0.141 e. The summed E-state index contributed by atoms with van der Waals surface area (Å²) in [6.45, 7) is 3.94. The second kappa shape index (κ2) is 6.77. The number of benzene rings is 1. The van der Waals surface area contributed by atoms with E-state index in [0.29, 0.717) is 5.92 Å². The van der Waals surface area contributed by atoms with E-state index in [1.54, 1.807) is 0 Å². The molecule has 0 saturated heterocycles. The molecule has 0 spiro atoms. The Morgan fingerprint density at radius 2 is 2.00 bits per heavy atom. The molecule has 0 aliphatic heterocycles. The monoisotopic (exact) mass is 400 g/mol. The van der Waals surface area contributed by atoms with Gasteiger partial charge in [-0.1, -0.05) is 11.2 Å². The lowest BCUT2D eigenvalue weighted by atomic mass is 9.96. The van der Waals surface area contributed by atoms with Gasteiger partial charge in [-0.05, 0) is 69.4 Å². The third-order valence-corrected chi connectivity index (χ3v) is 6.01. The highest BCUT2D eigenvalue weighted by Crippen LogP contribution is 2.43. The third kappa shape index (κ3) is 3.12. The molecule has 6 rings (SSSR count). The molecule has 0 radical (unpaired) electrons. The SMILES string of the molecule is Cc1noc(C)c1-c1cc(C(OC2CC2)c2ccccn2)c2nc(C3CC3)[nH]c2c1. The number of aromatic amines is 1. The Kier molecular flexibility index (Phi) is 4.03. The lowest BCUT2D eigenvalue weighted by Gasteiger charge is -2.19. The van der Waals surface area contributed by atoms with Crippen LogP contribution in [0.1, 0.15) is 66.2 Å². The van der Waals surface area contributed by atoms with Gasteiger partial charge in [-0.2, -0.15) is 0 Å². The molecule has 0 amide bonds. The average Bonchev–Trinajstić information content (AvgIpc) is 3.68. The Balaban J connectivity index is 1.58. The summed E-state index contributed by atoms with van der Waals surface area (Å²) in [7, 11) is 0. The summed E-state index contributed by atoms with van der Waals surface area (Å²) < 4.78 is 12.0. The van der Waals surface area contributed by atoms with E-state index in [2.05, 4.69) is 27.3 Å². The Morgan fingerprint density at radius 3 is 2.67 bits per heavy atom. The fourth-order valence-corrected chi connectivity index (χ4v) is 4.18. The van der Waals surface area contributed by atoms with E-state index < -0.39 is 0 Å². The number of imidazole rings is 1. The van der Waals surface area contributed by atoms with Crippen LogP contribution in [0.25, 0.3) is 22.2 Å². The van der Waals surface area contributed by atoms with Crippen LogP contribution in [0.2, 0.25) is 0 Å². The molecule has 3 heterocycles. The predicted octanol–water partition coefficient (Wildman–Crippen LogP) is 5.38. The second-order valence-corrected chi connectivity index (χ2v) is 8.53. The quantitative estimate of drug-likeness (QED) is 0.470. The molecule has 0 bridgehead atoms. The van der Waals surface area contributed by atoms with E-state index in [0.717, 1.165) is 63.5 Å². The molecule has 152 valence electrons. The van der Waals surface area contributed by atoms with Gasteiger partial charge in [0.1, 0.15) is 17.7 Å². The number of H-pyrrole nitrogens is 1. The summed E-state index contributed by atoms with van der Waals surface area (Å²) in [4.78, 5) is 13.2. The number of hydrogen-bond donors (Lipinski definition) is 1. The number of fused-ring (bicyclic) bond motifs is 1. The summed E-state index contributed by atoms with van der Waals surface area (Å²) in [6, 6.07) is 10.3. The minimum absolute atomic E-state index is 0.253. The lowest BCUT2D eigenvalue weighted by molar-refractivity contribution is 0.0641. The molecular formula is C24H24N4O2. The van der Waals surface area contributed by atoms with Crippen molar-refractivity contribution in [1.29, 1.82) is 0 Å². The van der Waals surface area contributed by atoms with Gasteiger partial charge in [0.15, 0.2) is 0 Å². The Labute approximate surface area is 174 Å². The largest absolute Gasteiger partial charge is 0.364 e. The first-order valence-corrected chi connectivity index (χ1v) is 10.7. The molecule has 4 aromatic rings. The fourth-order valence-electron chi connectivity index (χ4n) is 4.18. The fraction of sp³-hybridized carbons (Fsp3) is 0.375. The van der Waals surface area contributed by atoms with Crippen molar-refractivity contribution in [2.45, 2.75) is 57.7 Å². The number of nitrogens with zero attached hydrogens (tertiary/aromatic N) is 3. The molecule has 30 heavy (non-hydrogen) atoms. The van der Waals surface area contributed by atoms with Crippen LogP contribution in [-0.2, 0) is 4.74 Å². The van der Waals surface area contributed by atoms with Gasteiger partial charge in [-0.3, -0.25) is 4.98 Å². The maximum absolute atomic E-state index is 6.50. The number of hydrogen-bond acceptors (Lipinski definition) is 5. The minimum atomic E-state index is -0.253. The normalized spacial score (nSPS) is 17.5. The Bertz CT molecular complexity index is 1200. The summed E-state index contributed by atoms with van der Waals surface area (Å²) in [6.07, 6.45) is 6.47. The van der Waals surface area contributed by atoms with Gasteiger partial charge in [0.25, 0.3) is 0 Å². The Morgan fingerprint density at radius 1 is 1.13 bits per heavy atom.